The van der Waals surface area contributed by atoms with E-state index in [0.29, 0.717) is 17.8 Å². The highest BCUT2D eigenvalue weighted by molar-refractivity contribution is 7.87. The van der Waals surface area contributed by atoms with Crippen molar-refractivity contribution < 1.29 is 22.9 Å². The number of carbonyl (C=O) groups excluding carboxylic acids is 1. The number of nitrogens with one attached hydrogen (secondary N) is 2. The lowest BCUT2D eigenvalue weighted by molar-refractivity contribution is -0.117. The molecule has 0 fully saturated rings. The summed E-state index contributed by atoms with van der Waals surface area (Å²) < 4.78 is 32.8. The number of aryl methyl sites for hydroxylation is 1. The summed E-state index contributed by atoms with van der Waals surface area (Å²) in [6.45, 7) is 2.00. The van der Waals surface area contributed by atoms with Crippen molar-refractivity contribution >= 4 is 28.1 Å². The minimum absolute atomic E-state index is 0.0615. The normalized spacial score (nSPS) is 12.7. The van der Waals surface area contributed by atoms with Crippen molar-refractivity contribution in [2.75, 3.05) is 4.72 Å². The van der Waals surface area contributed by atoms with E-state index >= 15 is 0 Å². The predicted molar refractivity (Wildman–Crippen MR) is 121 cm³/mol. The van der Waals surface area contributed by atoms with Crippen molar-refractivity contribution in [3.8, 4) is 5.75 Å². The Bertz CT molecular complexity index is 1200. The molecule has 1 amide bonds. The summed E-state index contributed by atoms with van der Waals surface area (Å²) >= 11 is 0. The number of anilines is 1. The Kier molecular flexibility index (Phi) is 7.39. The zero-order chi connectivity index (χ0) is 23.1. The molecule has 0 aliphatic carbocycles. The number of nitrogens with zero attached hydrogens (tertiary/aromatic N) is 2. The van der Waals surface area contributed by atoms with Crippen LogP contribution in [0.25, 0.3) is 0 Å². The van der Waals surface area contributed by atoms with E-state index in [1.54, 1.807) is 36.7 Å². The summed E-state index contributed by atoms with van der Waals surface area (Å²) in [5.41, 5.74) is 2.71. The molecule has 10 heteroatoms. The summed E-state index contributed by atoms with van der Waals surface area (Å²) in [7, 11) is -4.34. The number of aromatic nitrogens is 2. The number of carbonyl (C=O) groups is 1. The third kappa shape index (κ3) is 7.03. The van der Waals surface area contributed by atoms with Gasteiger partial charge in [-0.25, -0.2) is 9.98 Å². The Morgan fingerprint density at radius 2 is 1.97 bits per heavy atom. The molecule has 0 aliphatic heterocycles. The van der Waals surface area contributed by atoms with Crippen LogP contribution < -0.4 is 4.72 Å². The molecule has 0 radical (unpaired) electrons. The smallest absolute Gasteiger partial charge is 0.357 e. The van der Waals surface area contributed by atoms with E-state index in [-0.39, 0.29) is 29.7 Å². The Morgan fingerprint density at radius 1 is 1.22 bits per heavy atom. The average Bonchev–Trinajstić information content (AvgIpc) is 3.20. The first-order valence-corrected chi connectivity index (χ1v) is 11.4. The zero-order valence-corrected chi connectivity index (χ0v) is 18.2. The highest BCUT2D eigenvalue weighted by atomic mass is 32.2. The lowest BCUT2D eigenvalue weighted by Crippen LogP contribution is -2.11. The van der Waals surface area contributed by atoms with Gasteiger partial charge in [0, 0.05) is 18.1 Å². The fourth-order valence-electron chi connectivity index (χ4n) is 3.14. The second kappa shape index (κ2) is 10.2. The van der Waals surface area contributed by atoms with E-state index in [0.717, 1.165) is 17.7 Å². The van der Waals surface area contributed by atoms with E-state index in [9.17, 15) is 18.3 Å². The first kappa shape index (κ1) is 23.2. The maximum Gasteiger partial charge on any atom is 0.357 e. The maximum atomic E-state index is 12.4. The van der Waals surface area contributed by atoms with E-state index < -0.39 is 10.3 Å². The van der Waals surface area contributed by atoms with Gasteiger partial charge >= 0.3 is 10.3 Å². The monoisotopic (exact) mass is 456 g/mol. The standard InChI is InChI=1S/C22H24N4O5S/c1-2-18-14-24-22(25-18)17(10-15-6-8-19(9-7-15)26-32(29,30)31)13-23-21(28)12-16-4-3-5-20(27)11-16/h3-9,11,13-14,17,26-27H,2,10,12H2,1H3,(H,24,25)(H,29,30,31). The molecule has 1 unspecified atom stereocenters. The molecule has 2 aromatic carbocycles. The van der Waals surface area contributed by atoms with Gasteiger partial charge < -0.3 is 10.1 Å². The average molecular weight is 457 g/mol. The van der Waals surface area contributed by atoms with Crippen LogP contribution in [0.2, 0.25) is 0 Å². The van der Waals surface area contributed by atoms with Crippen LogP contribution in [-0.2, 0) is 34.4 Å². The molecule has 168 valence electrons. The molecule has 0 aliphatic rings. The van der Waals surface area contributed by atoms with Crippen LogP contribution in [0.15, 0.2) is 59.7 Å². The molecule has 0 bridgehead atoms. The van der Waals surface area contributed by atoms with Crippen LogP contribution in [0.3, 0.4) is 0 Å². The molecule has 32 heavy (non-hydrogen) atoms. The van der Waals surface area contributed by atoms with E-state index in [1.165, 1.54) is 24.3 Å². The summed E-state index contributed by atoms with van der Waals surface area (Å²) in [6, 6.07) is 13.0. The van der Waals surface area contributed by atoms with Crippen molar-refractivity contribution in [1.29, 1.82) is 0 Å². The first-order valence-electron chi connectivity index (χ1n) is 9.94. The third-order valence-electron chi connectivity index (χ3n) is 4.70. The quantitative estimate of drug-likeness (QED) is 0.288. The number of hydrogen-bond acceptors (Lipinski definition) is 5. The second-order valence-corrected chi connectivity index (χ2v) is 8.40. The van der Waals surface area contributed by atoms with E-state index in [1.807, 2.05) is 11.6 Å². The molecular weight excluding hydrogens is 432 g/mol. The number of amides is 1. The number of aromatic hydroxyl groups is 1. The topological polar surface area (TPSA) is 145 Å². The number of benzene rings is 2. The molecule has 1 atom stereocenters. The number of rotatable bonds is 9. The molecule has 1 heterocycles. The van der Waals surface area contributed by atoms with Crippen LogP contribution in [0, 0.1) is 0 Å². The van der Waals surface area contributed by atoms with Gasteiger partial charge in [0.25, 0.3) is 0 Å². The van der Waals surface area contributed by atoms with Gasteiger partial charge in [-0.1, -0.05) is 31.2 Å². The number of hydrogen-bond donors (Lipinski definition) is 4. The highest BCUT2D eigenvalue weighted by Gasteiger charge is 2.15. The molecule has 4 N–H and O–H groups in total. The van der Waals surface area contributed by atoms with Crippen LogP contribution in [0.5, 0.6) is 5.75 Å². The zero-order valence-electron chi connectivity index (χ0n) is 17.4. The first-order chi connectivity index (χ1) is 15.2. The number of aliphatic imine (C=N–C) groups is 1. The molecule has 1 aromatic heterocycles. The number of H-pyrrole nitrogens is 1. The summed E-state index contributed by atoms with van der Waals surface area (Å²) in [5, 5.41) is 9.55. The summed E-state index contributed by atoms with van der Waals surface area (Å²) in [4.78, 5) is 24.1. The molecule has 0 saturated carbocycles. The minimum atomic E-state index is -4.34. The molecule has 9 nitrogen and oxygen atoms in total. The van der Waals surface area contributed by atoms with Crippen molar-refractivity contribution in [2.24, 2.45) is 4.99 Å². The summed E-state index contributed by atoms with van der Waals surface area (Å²) in [5.74, 6) is 0.0852. The van der Waals surface area contributed by atoms with Crippen molar-refractivity contribution in [2.45, 2.75) is 32.1 Å². The largest absolute Gasteiger partial charge is 0.508 e. The third-order valence-corrected chi connectivity index (χ3v) is 5.19. The van der Waals surface area contributed by atoms with Crippen LogP contribution in [0.1, 0.15) is 35.5 Å². The fraction of sp³-hybridized carbons (Fsp3) is 0.227. The molecule has 3 rings (SSSR count). The van der Waals surface area contributed by atoms with Gasteiger partial charge in [-0.2, -0.15) is 8.42 Å². The van der Waals surface area contributed by atoms with Gasteiger partial charge in [0.05, 0.1) is 18.0 Å². The summed E-state index contributed by atoms with van der Waals surface area (Å²) in [6.07, 6.45) is 4.60. The number of imidazole rings is 1. The minimum Gasteiger partial charge on any atom is -0.508 e. The SMILES string of the molecule is CCc1cnc(C(C=NC(=O)Cc2cccc(O)c2)Cc2ccc(NS(=O)(=O)O)cc2)[nH]1. The van der Waals surface area contributed by atoms with Crippen LogP contribution >= 0.6 is 0 Å². The molecular formula is C22H24N4O5S. The Balaban J connectivity index is 1.76. The van der Waals surface area contributed by atoms with E-state index in [2.05, 4.69) is 15.0 Å². The van der Waals surface area contributed by atoms with E-state index in [4.69, 9.17) is 4.55 Å². The molecule has 3 aromatic rings. The van der Waals surface area contributed by atoms with Crippen LogP contribution in [0.4, 0.5) is 5.69 Å². The van der Waals surface area contributed by atoms with Gasteiger partial charge in [0.2, 0.25) is 5.91 Å². The van der Waals surface area contributed by atoms with Crippen molar-refractivity contribution in [3.05, 3.63) is 77.4 Å². The van der Waals surface area contributed by atoms with Gasteiger partial charge in [0.1, 0.15) is 11.6 Å². The lowest BCUT2D eigenvalue weighted by Gasteiger charge is -2.11. The Labute approximate surface area is 186 Å². The van der Waals surface area contributed by atoms with Gasteiger partial charge in [-0.3, -0.25) is 14.1 Å². The van der Waals surface area contributed by atoms with Crippen molar-refractivity contribution in [1.82, 2.24) is 9.97 Å². The number of phenols is 1. The number of phenolic OH excluding ortho intramolecular Hbond substituents is 1. The van der Waals surface area contributed by atoms with Crippen molar-refractivity contribution in [3.63, 3.8) is 0 Å². The Hall–Kier alpha value is -3.50. The fourth-order valence-corrected chi connectivity index (χ4v) is 3.57. The van der Waals surface area contributed by atoms with Gasteiger partial charge in [-0.15, -0.1) is 0 Å². The molecule has 0 saturated heterocycles. The number of aromatic amines is 1. The van der Waals surface area contributed by atoms with Gasteiger partial charge in [0.15, 0.2) is 0 Å². The Morgan fingerprint density at radius 3 is 2.59 bits per heavy atom. The predicted octanol–water partition coefficient (Wildman–Crippen LogP) is 3.06. The highest BCUT2D eigenvalue weighted by Crippen LogP contribution is 2.20. The second-order valence-electron chi connectivity index (χ2n) is 7.25. The lowest BCUT2D eigenvalue weighted by atomic mass is 9.99. The molecule has 0 spiro atoms. The van der Waals surface area contributed by atoms with Crippen LogP contribution in [-0.4, -0.2) is 40.2 Å². The maximum absolute atomic E-state index is 12.4. The van der Waals surface area contributed by atoms with Gasteiger partial charge in [-0.05, 0) is 48.2 Å².